The fraction of sp³-hybridized carbons (Fsp3) is 0.333. The molecule has 2 rings (SSSR count). The number of carbonyl (C=O) groups is 1. The van der Waals surface area contributed by atoms with Crippen LogP contribution in [-0.2, 0) is 19.6 Å². The largest absolute Gasteiger partial charge is 0.416 e. The number of rotatable bonds is 4. The third kappa shape index (κ3) is 4.04. The van der Waals surface area contributed by atoms with Crippen molar-refractivity contribution in [2.75, 3.05) is 6.54 Å². The minimum Gasteiger partial charge on any atom is -0.352 e. The molecule has 0 saturated carbocycles. The van der Waals surface area contributed by atoms with Crippen LogP contribution in [0.5, 0.6) is 0 Å². The van der Waals surface area contributed by atoms with Crippen LogP contribution in [0.15, 0.2) is 24.3 Å². The summed E-state index contributed by atoms with van der Waals surface area (Å²) in [5.74, 6) is -0.354. The van der Waals surface area contributed by atoms with Crippen LogP contribution in [0.4, 0.5) is 13.2 Å². The van der Waals surface area contributed by atoms with Crippen LogP contribution < -0.4 is 5.32 Å². The number of carbonyl (C=O) groups excluding carboxylic acids is 1. The smallest absolute Gasteiger partial charge is 0.352 e. The molecule has 0 aliphatic heterocycles. The highest BCUT2D eigenvalue weighted by Gasteiger charge is 2.29. The summed E-state index contributed by atoms with van der Waals surface area (Å²) in [6, 6.07) is 4.85. The minimum absolute atomic E-state index is 0.245. The van der Waals surface area contributed by atoms with Crippen LogP contribution in [0.3, 0.4) is 0 Å². The average Bonchev–Trinajstić information content (AvgIpc) is 2.71. The number of halogens is 4. The molecule has 1 heterocycles. The molecular weight excluding hydrogens is 331 g/mol. The normalized spacial score (nSPS) is 11.6. The fourth-order valence-electron chi connectivity index (χ4n) is 2.16. The molecule has 0 spiro atoms. The van der Waals surface area contributed by atoms with Crippen molar-refractivity contribution >= 4 is 17.5 Å². The van der Waals surface area contributed by atoms with Gasteiger partial charge in [-0.15, -0.1) is 0 Å². The Bertz CT molecular complexity index is 708. The van der Waals surface area contributed by atoms with E-state index in [1.165, 1.54) is 16.8 Å². The SMILES string of the molecule is Cc1nn(C)c(Cl)c1C(=O)NCCc1ccc(C(F)(F)F)cc1. The van der Waals surface area contributed by atoms with Crippen LogP contribution >= 0.6 is 11.6 Å². The van der Waals surface area contributed by atoms with Crippen molar-refractivity contribution in [3.63, 3.8) is 0 Å². The number of hydrogen-bond donors (Lipinski definition) is 1. The molecule has 0 aliphatic carbocycles. The van der Waals surface area contributed by atoms with Crippen molar-refractivity contribution < 1.29 is 18.0 Å². The molecule has 0 atom stereocenters. The van der Waals surface area contributed by atoms with Gasteiger partial charge >= 0.3 is 6.18 Å². The molecule has 0 saturated heterocycles. The fourth-order valence-corrected chi connectivity index (χ4v) is 2.42. The zero-order valence-corrected chi connectivity index (χ0v) is 13.3. The van der Waals surface area contributed by atoms with Gasteiger partial charge in [0.05, 0.1) is 16.8 Å². The molecule has 8 heteroatoms. The standard InChI is InChI=1S/C15H15ClF3N3O/c1-9-12(13(16)22(2)21-9)14(23)20-8-7-10-3-5-11(6-4-10)15(17,18)19/h3-6H,7-8H2,1-2H3,(H,20,23). The molecule has 4 nitrogen and oxygen atoms in total. The summed E-state index contributed by atoms with van der Waals surface area (Å²) in [5.41, 5.74) is 0.835. The lowest BCUT2D eigenvalue weighted by molar-refractivity contribution is -0.137. The Morgan fingerprint density at radius 2 is 1.91 bits per heavy atom. The van der Waals surface area contributed by atoms with Crippen LogP contribution in [0, 0.1) is 6.92 Å². The highest BCUT2D eigenvalue weighted by molar-refractivity contribution is 6.33. The number of benzene rings is 1. The van der Waals surface area contributed by atoms with Crippen LogP contribution in [0.25, 0.3) is 0 Å². The highest BCUT2D eigenvalue weighted by atomic mass is 35.5. The number of hydrogen-bond acceptors (Lipinski definition) is 2. The summed E-state index contributed by atoms with van der Waals surface area (Å²) >= 11 is 6.00. The summed E-state index contributed by atoms with van der Waals surface area (Å²) in [5, 5.41) is 6.98. The number of aromatic nitrogens is 2. The van der Waals surface area contributed by atoms with E-state index in [1.54, 1.807) is 14.0 Å². The van der Waals surface area contributed by atoms with E-state index < -0.39 is 11.7 Å². The van der Waals surface area contributed by atoms with Gasteiger partial charge in [0.2, 0.25) is 0 Å². The van der Waals surface area contributed by atoms with Gasteiger partial charge in [0.25, 0.3) is 5.91 Å². The van der Waals surface area contributed by atoms with E-state index in [2.05, 4.69) is 10.4 Å². The molecule has 124 valence electrons. The van der Waals surface area contributed by atoms with Gasteiger partial charge in [0.1, 0.15) is 5.15 Å². The van der Waals surface area contributed by atoms with E-state index >= 15 is 0 Å². The number of amides is 1. The number of nitrogens with zero attached hydrogens (tertiary/aromatic N) is 2. The van der Waals surface area contributed by atoms with Crippen molar-refractivity contribution in [2.24, 2.45) is 7.05 Å². The maximum absolute atomic E-state index is 12.5. The van der Waals surface area contributed by atoms with E-state index in [0.29, 0.717) is 23.2 Å². The molecule has 1 aromatic carbocycles. The quantitative estimate of drug-likeness (QED) is 0.923. The Labute approximate surface area is 136 Å². The van der Waals surface area contributed by atoms with Crippen molar-refractivity contribution in [1.29, 1.82) is 0 Å². The van der Waals surface area contributed by atoms with Gasteiger partial charge in [-0.25, -0.2) is 0 Å². The van der Waals surface area contributed by atoms with Gasteiger partial charge in [-0.05, 0) is 31.0 Å². The van der Waals surface area contributed by atoms with Crippen molar-refractivity contribution in [2.45, 2.75) is 19.5 Å². The Hall–Kier alpha value is -2.02. The minimum atomic E-state index is -4.35. The maximum Gasteiger partial charge on any atom is 0.416 e. The first-order chi connectivity index (χ1) is 10.7. The van der Waals surface area contributed by atoms with E-state index in [1.807, 2.05) is 0 Å². The Morgan fingerprint density at radius 1 is 1.30 bits per heavy atom. The Morgan fingerprint density at radius 3 is 2.39 bits per heavy atom. The summed E-state index contributed by atoms with van der Waals surface area (Å²) < 4.78 is 38.8. The summed E-state index contributed by atoms with van der Waals surface area (Å²) in [4.78, 5) is 12.1. The Balaban J connectivity index is 1.93. The van der Waals surface area contributed by atoms with Gasteiger partial charge in [0, 0.05) is 13.6 Å². The van der Waals surface area contributed by atoms with Gasteiger partial charge in [-0.2, -0.15) is 18.3 Å². The van der Waals surface area contributed by atoms with Crippen LogP contribution in [0.1, 0.15) is 27.2 Å². The van der Waals surface area contributed by atoms with Crippen molar-refractivity contribution in [3.8, 4) is 0 Å². The Kier molecular flexibility index (Phi) is 4.99. The molecule has 1 aromatic heterocycles. The summed E-state index contributed by atoms with van der Waals surface area (Å²) in [7, 11) is 1.63. The van der Waals surface area contributed by atoms with E-state index in [4.69, 9.17) is 11.6 Å². The van der Waals surface area contributed by atoms with E-state index in [9.17, 15) is 18.0 Å². The maximum atomic E-state index is 12.5. The van der Waals surface area contributed by atoms with Crippen LogP contribution in [0.2, 0.25) is 5.15 Å². The van der Waals surface area contributed by atoms with Crippen molar-refractivity contribution in [1.82, 2.24) is 15.1 Å². The second kappa shape index (κ2) is 6.62. The number of alkyl halides is 3. The predicted molar refractivity (Wildman–Crippen MR) is 80.4 cm³/mol. The molecule has 0 bridgehead atoms. The first-order valence-corrected chi connectivity index (χ1v) is 7.21. The average molecular weight is 346 g/mol. The molecule has 1 N–H and O–H groups in total. The topological polar surface area (TPSA) is 46.9 Å². The van der Waals surface area contributed by atoms with Crippen molar-refractivity contribution in [3.05, 3.63) is 51.8 Å². The molecule has 0 unspecified atom stereocenters. The van der Waals surface area contributed by atoms with E-state index in [-0.39, 0.29) is 17.6 Å². The van der Waals surface area contributed by atoms with E-state index in [0.717, 1.165) is 12.1 Å². The molecule has 0 aliphatic rings. The lowest BCUT2D eigenvalue weighted by atomic mass is 10.1. The predicted octanol–water partition coefficient (Wildman–Crippen LogP) is 3.37. The lowest BCUT2D eigenvalue weighted by Crippen LogP contribution is -2.26. The zero-order chi connectivity index (χ0) is 17.2. The highest BCUT2D eigenvalue weighted by Crippen LogP contribution is 2.29. The molecule has 0 fully saturated rings. The molecule has 23 heavy (non-hydrogen) atoms. The van der Waals surface area contributed by atoms with Gasteiger partial charge < -0.3 is 5.32 Å². The molecule has 0 radical (unpaired) electrons. The second-order valence-electron chi connectivity index (χ2n) is 5.08. The summed E-state index contributed by atoms with van der Waals surface area (Å²) in [6.07, 6.45) is -3.93. The first kappa shape index (κ1) is 17.3. The van der Waals surface area contributed by atoms with Gasteiger partial charge in [0.15, 0.2) is 0 Å². The number of nitrogens with one attached hydrogen (secondary N) is 1. The van der Waals surface area contributed by atoms with Crippen LogP contribution in [-0.4, -0.2) is 22.2 Å². The molecule has 1 amide bonds. The lowest BCUT2D eigenvalue weighted by Gasteiger charge is -2.08. The van der Waals surface area contributed by atoms with Gasteiger partial charge in [-0.3, -0.25) is 9.48 Å². The van der Waals surface area contributed by atoms with Gasteiger partial charge in [-0.1, -0.05) is 23.7 Å². The third-order valence-corrected chi connectivity index (χ3v) is 3.79. The first-order valence-electron chi connectivity index (χ1n) is 6.83. The number of aryl methyl sites for hydroxylation is 2. The second-order valence-corrected chi connectivity index (χ2v) is 5.43. The molecular formula is C15H15ClF3N3O. The zero-order valence-electron chi connectivity index (χ0n) is 12.5. The third-order valence-electron chi connectivity index (χ3n) is 3.36. The monoisotopic (exact) mass is 345 g/mol. The molecule has 2 aromatic rings. The summed E-state index contributed by atoms with van der Waals surface area (Å²) in [6.45, 7) is 1.96.